The molecule has 2 fully saturated rings. The molecule has 0 bridgehead atoms. The van der Waals surface area contributed by atoms with Gasteiger partial charge in [0.05, 0.1) is 12.1 Å². The maximum Gasteiger partial charge on any atom is 0.461 e. The second-order valence-corrected chi connectivity index (χ2v) is 10.1. The highest BCUT2D eigenvalue weighted by molar-refractivity contribution is 7.51. The Morgan fingerprint density at radius 3 is 2.59 bits per heavy atom. The van der Waals surface area contributed by atoms with Crippen molar-refractivity contribution in [3.05, 3.63) is 63.4 Å². The monoisotopic (exact) mass is 466 g/mol. The minimum atomic E-state index is -3.73. The number of aromatic amines is 1. The predicted octanol–water partition coefficient (Wildman–Crippen LogP) is 0.812. The lowest BCUT2D eigenvalue weighted by Crippen LogP contribution is -2.53. The molecule has 12 heteroatoms. The van der Waals surface area contributed by atoms with Crippen molar-refractivity contribution in [1.29, 1.82) is 0 Å². The average molecular weight is 466 g/mol. The van der Waals surface area contributed by atoms with Gasteiger partial charge in [0.25, 0.3) is 5.56 Å². The van der Waals surface area contributed by atoms with Crippen LogP contribution >= 0.6 is 7.75 Å². The van der Waals surface area contributed by atoms with Gasteiger partial charge in [-0.05, 0) is 31.9 Å². The Kier molecular flexibility index (Phi) is 6.39. The van der Waals surface area contributed by atoms with E-state index in [0.717, 1.165) is 23.5 Å². The van der Waals surface area contributed by atoms with Crippen molar-refractivity contribution in [3.63, 3.8) is 0 Å². The number of hydrogen-bond donors (Lipinski definition) is 3. The molecule has 174 valence electrons. The van der Waals surface area contributed by atoms with Crippen molar-refractivity contribution in [3.8, 4) is 5.75 Å². The third-order valence-electron chi connectivity index (χ3n) is 5.72. The fourth-order valence-electron chi connectivity index (χ4n) is 3.93. The van der Waals surface area contributed by atoms with E-state index in [1.54, 1.807) is 28.9 Å². The van der Waals surface area contributed by atoms with E-state index in [2.05, 4.69) is 4.98 Å². The number of nitrogens with two attached hydrogens (primary N) is 1. The number of aliphatic hydroxyl groups excluding tert-OH is 1. The molecular weight excluding hydrogens is 439 g/mol. The number of para-hydroxylation sites is 1. The van der Waals surface area contributed by atoms with Crippen molar-refractivity contribution in [2.75, 3.05) is 19.7 Å². The van der Waals surface area contributed by atoms with Crippen molar-refractivity contribution < 1.29 is 23.5 Å². The lowest BCUT2D eigenvalue weighted by Gasteiger charge is -2.29. The van der Waals surface area contributed by atoms with Crippen LogP contribution in [0.2, 0.25) is 0 Å². The molecule has 0 saturated carbocycles. The first-order valence-electron chi connectivity index (χ1n) is 10.4. The van der Waals surface area contributed by atoms with E-state index < -0.39 is 43.0 Å². The molecule has 2 saturated heterocycles. The molecule has 2 aliphatic rings. The highest BCUT2D eigenvalue weighted by atomic mass is 31.2. The van der Waals surface area contributed by atoms with Crippen LogP contribution in [-0.2, 0) is 13.8 Å². The number of aliphatic hydroxyl groups is 1. The summed E-state index contributed by atoms with van der Waals surface area (Å²) in [6.07, 6.45) is -0.311. The first-order chi connectivity index (χ1) is 15.2. The summed E-state index contributed by atoms with van der Waals surface area (Å²) in [7, 11) is -3.73. The van der Waals surface area contributed by atoms with Gasteiger partial charge in [-0.25, -0.2) is 9.36 Å². The Balaban J connectivity index is 1.53. The molecule has 2 aliphatic heterocycles. The zero-order chi connectivity index (χ0) is 22.9. The minimum absolute atomic E-state index is 0.275. The Morgan fingerprint density at radius 2 is 1.94 bits per heavy atom. The lowest BCUT2D eigenvalue weighted by atomic mass is 9.93. The molecular formula is C20H27N4O7P. The summed E-state index contributed by atoms with van der Waals surface area (Å²) in [4.78, 5) is 25.7. The van der Waals surface area contributed by atoms with E-state index in [0.29, 0.717) is 18.8 Å². The highest BCUT2D eigenvalue weighted by Crippen LogP contribution is 2.54. The number of hydrogen-bond acceptors (Lipinski definition) is 8. The first-order valence-corrected chi connectivity index (χ1v) is 11.9. The summed E-state index contributed by atoms with van der Waals surface area (Å²) in [5.74, 6) is 0.400. The highest BCUT2D eigenvalue weighted by Gasteiger charge is 2.53. The second-order valence-electron chi connectivity index (χ2n) is 8.18. The smallest absolute Gasteiger partial charge is 0.413 e. The minimum Gasteiger partial charge on any atom is -0.413 e. The van der Waals surface area contributed by atoms with Crippen molar-refractivity contribution >= 4 is 7.75 Å². The van der Waals surface area contributed by atoms with Crippen molar-refractivity contribution in [1.82, 2.24) is 14.2 Å². The van der Waals surface area contributed by atoms with Gasteiger partial charge < -0.3 is 20.1 Å². The molecule has 3 heterocycles. The van der Waals surface area contributed by atoms with E-state index >= 15 is 0 Å². The quantitative estimate of drug-likeness (QED) is 0.504. The summed E-state index contributed by atoms with van der Waals surface area (Å²) in [6, 6.07) is 9.87. The van der Waals surface area contributed by atoms with Gasteiger partial charge in [-0.15, -0.1) is 0 Å². The Morgan fingerprint density at radius 1 is 1.25 bits per heavy atom. The van der Waals surface area contributed by atoms with Gasteiger partial charge in [0.2, 0.25) is 0 Å². The Hall–Kier alpha value is -2.27. The van der Waals surface area contributed by atoms with Crippen LogP contribution in [0.1, 0.15) is 26.0 Å². The molecule has 5 atom stereocenters. The van der Waals surface area contributed by atoms with Crippen LogP contribution in [-0.4, -0.2) is 56.8 Å². The van der Waals surface area contributed by atoms with E-state index in [4.69, 9.17) is 19.5 Å². The summed E-state index contributed by atoms with van der Waals surface area (Å²) < 4.78 is 33.8. The topological polar surface area (TPSA) is 149 Å². The van der Waals surface area contributed by atoms with E-state index in [-0.39, 0.29) is 6.61 Å². The zero-order valence-corrected chi connectivity index (χ0v) is 18.5. The maximum absolute atomic E-state index is 13.7. The number of H-pyrrole nitrogens is 1. The number of rotatable bonds is 7. The lowest BCUT2D eigenvalue weighted by molar-refractivity contribution is -0.0467. The number of aromatic nitrogens is 2. The zero-order valence-electron chi connectivity index (χ0n) is 17.6. The van der Waals surface area contributed by atoms with Crippen LogP contribution in [0.4, 0.5) is 0 Å². The van der Waals surface area contributed by atoms with Gasteiger partial charge in [-0.1, -0.05) is 18.2 Å². The van der Waals surface area contributed by atoms with Crippen LogP contribution in [0.3, 0.4) is 0 Å². The summed E-state index contributed by atoms with van der Waals surface area (Å²) in [6.45, 7) is 2.37. The molecule has 32 heavy (non-hydrogen) atoms. The van der Waals surface area contributed by atoms with E-state index in [1.165, 1.54) is 13.1 Å². The van der Waals surface area contributed by atoms with Gasteiger partial charge in [0.15, 0.2) is 6.23 Å². The molecule has 2 aromatic rings. The van der Waals surface area contributed by atoms with E-state index in [1.807, 2.05) is 6.07 Å². The van der Waals surface area contributed by atoms with Gasteiger partial charge in [0.1, 0.15) is 18.0 Å². The molecule has 1 aromatic carbocycles. The fraction of sp³-hybridized carbons (Fsp3) is 0.500. The van der Waals surface area contributed by atoms with Gasteiger partial charge >= 0.3 is 13.4 Å². The molecule has 4 rings (SSSR count). The Bertz CT molecular complexity index is 1100. The first kappa shape index (κ1) is 22.9. The molecule has 0 radical (unpaired) electrons. The largest absolute Gasteiger partial charge is 0.461 e. The molecule has 11 nitrogen and oxygen atoms in total. The van der Waals surface area contributed by atoms with Gasteiger partial charge in [0, 0.05) is 25.4 Å². The SMILES string of the molecule is C[C@@]1(N)[C@H](O)[C@@H](COP(=O)(Oc2ccccc2)N2CCCC2)O[C@H]1n1ccc(=O)[nH]c1=O. The van der Waals surface area contributed by atoms with Crippen LogP contribution in [0, 0.1) is 0 Å². The number of nitrogens with one attached hydrogen (secondary N) is 1. The molecule has 0 amide bonds. The number of nitrogens with zero attached hydrogens (tertiary/aromatic N) is 2. The maximum atomic E-state index is 13.7. The van der Waals surface area contributed by atoms with Crippen molar-refractivity contribution in [2.24, 2.45) is 5.73 Å². The van der Waals surface area contributed by atoms with Gasteiger partial charge in [-0.2, -0.15) is 4.67 Å². The number of benzene rings is 1. The summed E-state index contributed by atoms with van der Waals surface area (Å²) >= 11 is 0. The van der Waals surface area contributed by atoms with Gasteiger partial charge in [-0.3, -0.25) is 18.9 Å². The fourth-order valence-corrected chi connectivity index (χ4v) is 5.76. The molecule has 4 N–H and O–H groups in total. The van der Waals surface area contributed by atoms with E-state index in [9.17, 15) is 19.3 Å². The normalized spacial score (nSPS) is 30.3. The molecule has 0 spiro atoms. The van der Waals surface area contributed by atoms with Crippen LogP contribution in [0.15, 0.2) is 52.2 Å². The van der Waals surface area contributed by atoms with Crippen molar-refractivity contribution in [2.45, 2.75) is 43.7 Å². The molecule has 0 aliphatic carbocycles. The van der Waals surface area contributed by atoms with Crippen LogP contribution < -0.4 is 21.5 Å². The number of ether oxygens (including phenoxy) is 1. The average Bonchev–Trinajstić information content (AvgIpc) is 3.37. The predicted molar refractivity (Wildman–Crippen MR) is 115 cm³/mol. The van der Waals surface area contributed by atoms with Crippen LogP contribution in [0.25, 0.3) is 0 Å². The Labute approximate surface area is 184 Å². The summed E-state index contributed by atoms with van der Waals surface area (Å²) in [5, 5.41) is 10.8. The third-order valence-corrected chi connectivity index (χ3v) is 7.73. The standard InChI is InChI=1S/C20H27N4O7P/c1-20(21)17(26)15(30-18(20)24-12-9-16(25)22-19(24)27)13-29-32(28,23-10-5-6-11-23)31-14-7-3-2-4-8-14/h2-4,7-9,12,15,17-18,26H,5-6,10-11,13,21H2,1H3,(H,22,25,27)/t15-,17-,18-,20-,32?/m1/s1. The molecule has 1 aromatic heterocycles. The van der Waals surface area contributed by atoms with Crippen LogP contribution in [0.5, 0.6) is 5.75 Å². The summed E-state index contributed by atoms with van der Waals surface area (Å²) in [5.41, 5.74) is 3.62. The second kappa shape index (κ2) is 8.93. The molecule has 1 unspecified atom stereocenters. The third kappa shape index (κ3) is 4.45.